The monoisotopic (exact) mass is 243 g/mol. The van der Waals surface area contributed by atoms with Gasteiger partial charge in [-0.05, 0) is 39.4 Å². The highest BCUT2D eigenvalue weighted by atomic mass is 15.2. The highest BCUT2D eigenvalue weighted by molar-refractivity contribution is 4.78. The molecule has 0 radical (unpaired) electrons. The first kappa shape index (κ1) is 16.9. The van der Waals surface area contributed by atoms with Gasteiger partial charge in [0.2, 0.25) is 0 Å². The fraction of sp³-hybridized carbons (Fsp3) is 1.00. The zero-order chi connectivity index (χ0) is 13.3. The molecule has 2 unspecified atom stereocenters. The molecule has 0 fully saturated rings. The van der Waals surface area contributed by atoms with Crippen LogP contribution < -0.4 is 5.73 Å². The van der Waals surface area contributed by atoms with E-state index in [-0.39, 0.29) is 0 Å². The molecule has 17 heavy (non-hydrogen) atoms. The van der Waals surface area contributed by atoms with Crippen molar-refractivity contribution in [3.63, 3.8) is 0 Å². The Bertz CT molecular complexity index is 171. The Morgan fingerprint density at radius 1 is 1.00 bits per heavy atom. The Morgan fingerprint density at radius 2 is 1.65 bits per heavy atom. The predicted octanol–water partition coefficient (Wildman–Crippen LogP) is 2.02. The van der Waals surface area contributed by atoms with Crippen LogP contribution in [0.3, 0.4) is 0 Å². The van der Waals surface area contributed by atoms with Crippen LogP contribution in [0.5, 0.6) is 0 Å². The Hall–Kier alpha value is -0.120. The minimum Gasteiger partial charge on any atom is -0.329 e. The van der Waals surface area contributed by atoms with Crippen molar-refractivity contribution < 1.29 is 0 Å². The van der Waals surface area contributed by atoms with E-state index in [1.807, 2.05) is 0 Å². The number of nitrogens with zero attached hydrogens (tertiary/aromatic N) is 2. The normalized spacial score (nSPS) is 15.5. The molecule has 0 spiro atoms. The zero-order valence-corrected chi connectivity index (χ0v) is 12.6. The van der Waals surface area contributed by atoms with E-state index in [4.69, 9.17) is 5.73 Å². The van der Waals surface area contributed by atoms with Crippen LogP contribution in [-0.2, 0) is 0 Å². The van der Waals surface area contributed by atoms with Gasteiger partial charge in [0.25, 0.3) is 0 Å². The molecule has 0 aliphatic carbocycles. The van der Waals surface area contributed by atoms with Crippen LogP contribution in [-0.4, -0.2) is 56.1 Å². The van der Waals surface area contributed by atoms with Gasteiger partial charge >= 0.3 is 0 Å². The lowest BCUT2D eigenvalue weighted by Gasteiger charge is -2.35. The standard InChI is InChI=1S/C14H33N3/c1-6-8-13(3)14(12-15)17(9-7-2)11-10-16(4)5/h13-14H,6-12,15H2,1-5H3. The zero-order valence-electron chi connectivity index (χ0n) is 12.6. The SMILES string of the molecule is CCCC(C)C(CN)N(CCC)CCN(C)C. The molecule has 3 nitrogen and oxygen atoms in total. The van der Waals surface area contributed by atoms with Crippen LogP contribution in [0.25, 0.3) is 0 Å². The van der Waals surface area contributed by atoms with Crippen molar-refractivity contribution in [1.29, 1.82) is 0 Å². The molecule has 0 saturated carbocycles. The van der Waals surface area contributed by atoms with Crippen molar-refractivity contribution in [3.8, 4) is 0 Å². The van der Waals surface area contributed by atoms with E-state index in [1.54, 1.807) is 0 Å². The van der Waals surface area contributed by atoms with Gasteiger partial charge in [0.05, 0.1) is 0 Å². The van der Waals surface area contributed by atoms with Crippen LogP contribution in [0.15, 0.2) is 0 Å². The molecule has 2 atom stereocenters. The molecule has 0 saturated heterocycles. The third-order valence-electron chi connectivity index (χ3n) is 3.46. The highest BCUT2D eigenvalue weighted by Crippen LogP contribution is 2.16. The summed E-state index contributed by atoms with van der Waals surface area (Å²) in [6.45, 7) is 11.1. The summed E-state index contributed by atoms with van der Waals surface area (Å²) >= 11 is 0. The maximum absolute atomic E-state index is 5.99. The molecule has 0 aliphatic rings. The average molecular weight is 243 g/mol. The van der Waals surface area contributed by atoms with Crippen LogP contribution in [0, 0.1) is 5.92 Å². The lowest BCUT2D eigenvalue weighted by atomic mass is 9.95. The molecule has 0 amide bonds. The summed E-state index contributed by atoms with van der Waals surface area (Å²) in [4.78, 5) is 4.83. The summed E-state index contributed by atoms with van der Waals surface area (Å²) in [6, 6.07) is 0.551. The van der Waals surface area contributed by atoms with E-state index in [0.717, 1.165) is 19.6 Å². The summed E-state index contributed by atoms with van der Waals surface area (Å²) in [5, 5.41) is 0. The van der Waals surface area contributed by atoms with Crippen molar-refractivity contribution in [2.24, 2.45) is 11.7 Å². The minimum atomic E-state index is 0.551. The van der Waals surface area contributed by atoms with Gasteiger partial charge in [0.15, 0.2) is 0 Å². The Morgan fingerprint density at radius 3 is 2.06 bits per heavy atom. The quantitative estimate of drug-likeness (QED) is 0.637. The minimum absolute atomic E-state index is 0.551. The Labute approximate surface area is 108 Å². The second-order valence-electron chi connectivity index (χ2n) is 5.41. The second kappa shape index (κ2) is 9.86. The maximum Gasteiger partial charge on any atom is 0.0244 e. The van der Waals surface area contributed by atoms with Gasteiger partial charge in [0, 0.05) is 25.7 Å². The highest BCUT2D eigenvalue weighted by Gasteiger charge is 2.21. The Kier molecular flexibility index (Phi) is 9.79. The van der Waals surface area contributed by atoms with E-state index >= 15 is 0 Å². The van der Waals surface area contributed by atoms with Gasteiger partial charge in [-0.15, -0.1) is 0 Å². The van der Waals surface area contributed by atoms with Crippen molar-refractivity contribution in [3.05, 3.63) is 0 Å². The van der Waals surface area contributed by atoms with Gasteiger partial charge in [0.1, 0.15) is 0 Å². The van der Waals surface area contributed by atoms with E-state index in [2.05, 4.69) is 44.7 Å². The molecule has 0 aromatic rings. The number of likely N-dealkylation sites (N-methyl/N-ethyl adjacent to an activating group) is 1. The van der Waals surface area contributed by atoms with Crippen LogP contribution >= 0.6 is 0 Å². The van der Waals surface area contributed by atoms with Crippen LogP contribution in [0.2, 0.25) is 0 Å². The summed E-state index contributed by atoms with van der Waals surface area (Å²) in [6.07, 6.45) is 3.75. The topological polar surface area (TPSA) is 32.5 Å². The average Bonchev–Trinajstić information content (AvgIpc) is 2.27. The van der Waals surface area contributed by atoms with E-state index in [0.29, 0.717) is 12.0 Å². The first-order valence-corrected chi connectivity index (χ1v) is 7.15. The van der Waals surface area contributed by atoms with E-state index in [1.165, 1.54) is 25.8 Å². The van der Waals surface area contributed by atoms with Crippen LogP contribution in [0.1, 0.15) is 40.0 Å². The van der Waals surface area contributed by atoms with Gasteiger partial charge < -0.3 is 10.6 Å². The van der Waals surface area contributed by atoms with Gasteiger partial charge in [-0.2, -0.15) is 0 Å². The third kappa shape index (κ3) is 7.02. The number of nitrogens with two attached hydrogens (primary N) is 1. The van der Waals surface area contributed by atoms with Crippen molar-refractivity contribution in [2.45, 2.75) is 46.1 Å². The lowest BCUT2D eigenvalue weighted by Crippen LogP contribution is -2.47. The molecule has 3 heteroatoms. The summed E-state index contributed by atoms with van der Waals surface area (Å²) in [7, 11) is 4.27. The second-order valence-corrected chi connectivity index (χ2v) is 5.41. The number of hydrogen-bond acceptors (Lipinski definition) is 3. The summed E-state index contributed by atoms with van der Waals surface area (Å²) in [5.41, 5.74) is 5.99. The van der Waals surface area contributed by atoms with Crippen molar-refractivity contribution >= 4 is 0 Å². The molecule has 0 rings (SSSR count). The third-order valence-corrected chi connectivity index (χ3v) is 3.46. The predicted molar refractivity (Wildman–Crippen MR) is 77.3 cm³/mol. The van der Waals surface area contributed by atoms with E-state index < -0.39 is 0 Å². The molecular formula is C14H33N3. The van der Waals surface area contributed by atoms with Gasteiger partial charge in [-0.25, -0.2) is 0 Å². The molecule has 0 aromatic heterocycles. The molecule has 0 heterocycles. The summed E-state index contributed by atoms with van der Waals surface area (Å²) < 4.78 is 0. The first-order chi connectivity index (χ1) is 8.06. The fourth-order valence-electron chi connectivity index (χ4n) is 2.45. The molecule has 0 aromatic carbocycles. The number of hydrogen-bond donors (Lipinski definition) is 1. The summed E-state index contributed by atoms with van der Waals surface area (Å²) in [5.74, 6) is 0.707. The molecule has 104 valence electrons. The molecular weight excluding hydrogens is 210 g/mol. The largest absolute Gasteiger partial charge is 0.329 e. The fourth-order valence-corrected chi connectivity index (χ4v) is 2.45. The van der Waals surface area contributed by atoms with Crippen LogP contribution in [0.4, 0.5) is 0 Å². The Balaban J connectivity index is 4.38. The van der Waals surface area contributed by atoms with Gasteiger partial charge in [-0.1, -0.05) is 27.2 Å². The van der Waals surface area contributed by atoms with Crippen molar-refractivity contribution in [2.75, 3.05) is 40.3 Å². The van der Waals surface area contributed by atoms with Crippen molar-refractivity contribution in [1.82, 2.24) is 9.80 Å². The van der Waals surface area contributed by atoms with E-state index in [9.17, 15) is 0 Å². The molecule has 0 bridgehead atoms. The molecule has 0 aliphatic heterocycles. The first-order valence-electron chi connectivity index (χ1n) is 7.15. The van der Waals surface area contributed by atoms with Gasteiger partial charge in [-0.3, -0.25) is 4.90 Å². The molecule has 2 N–H and O–H groups in total. The number of rotatable bonds is 10. The smallest absolute Gasteiger partial charge is 0.0244 e. The maximum atomic E-state index is 5.99. The lowest BCUT2D eigenvalue weighted by molar-refractivity contribution is 0.136.